The molecule has 0 N–H and O–H groups in total. The van der Waals surface area contributed by atoms with E-state index in [0.29, 0.717) is 0 Å². The van der Waals surface area contributed by atoms with Crippen molar-refractivity contribution in [2.45, 2.75) is 0 Å². The van der Waals surface area contributed by atoms with Crippen molar-refractivity contribution < 1.29 is 0 Å². The number of nitrogens with zero attached hydrogens (tertiary/aromatic N) is 2. The summed E-state index contributed by atoms with van der Waals surface area (Å²) in [5.74, 6) is 0. The molecular formula is C19H14N2S. The molecule has 4 aromatic rings. The molecule has 0 aliphatic rings. The molecule has 0 aliphatic carbocycles. The Morgan fingerprint density at radius 2 is 1.50 bits per heavy atom. The molecule has 3 heteroatoms. The van der Waals surface area contributed by atoms with Crippen LogP contribution in [0.15, 0.2) is 84.4 Å². The number of benzene rings is 2. The first kappa shape index (κ1) is 13.0. The van der Waals surface area contributed by atoms with E-state index < -0.39 is 0 Å². The summed E-state index contributed by atoms with van der Waals surface area (Å²) >= 11 is 1.72. The van der Waals surface area contributed by atoms with E-state index in [-0.39, 0.29) is 0 Å². The molecule has 0 atom stereocenters. The first-order valence-corrected chi connectivity index (χ1v) is 8.04. The summed E-state index contributed by atoms with van der Waals surface area (Å²) in [7, 11) is 0. The molecule has 0 saturated heterocycles. The molecule has 2 nitrogen and oxygen atoms in total. The van der Waals surface area contributed by atoms with E-state index in [4.69, 9.17) is 5.10 Å². The highest BCUT2D eigenvalue weighted by molar-refractivity contribution is 7.13. The summed E-state index contributed by atoms with van der Waals surface area (Å²) in [6.07, 6.45) is 2.11. The van der Waals surface area contributed by atoms with E-state index in [1.54, 1.807) is 11.3 Å². The Kier molecular flexibility index (Phi) is 3.33. The molecule has 0 spiro atoms. The Morgan fingerprint density at radius 3 is 2.18 bits per heavy atom. The molecule has 2 heterocycles. The van der Waals surface area contributed by atoms with E-state index >= 15 is 0 Å². The van der Waals surface area contributed by atoms with Gasteiger partial charge in [-0.3, -0.25) is 0 Å². The Hall–Kier alpha value is -2.65. The average molecular weight is 302 g/mol. The Bertz CT molecular complexity index is 862. The maximum atomic E-state index is 4.83. The molecule has 2 aromatic heterocycles. The van der Waals surface area contributed by atoms with Gasteiger partial charge in [0.2, 0.25) is 0 Å². The molecule has 0 aliphatic heterocycles. The van der Waals surface area contributed by atoms with Gasteiger partial charge in [0.1, 0.15) is 5.69 Å². The number of aromatic nitrogens is 2. The second-order valence-electron chi connectivity index (χ2n) is 5.01. The van der Waals surface area contributed by atoms with Gasteiger partial charge in [-0.1, -0.05) is 54.6 Å². The molecule has 4 rings (SSSR count). The van der Waals surface area contributed by atoms with Crippen LogP contribution in [0.5, 0.6) is 0 Å². The van der Waals surface area contributed by atoms with Crippen molar-refractivity contribution in [3.05, 3.63) is 84.4 Å². The Morgan fingerprint density at radius 1 is 0.773 bits per heavy atom. The lowest BCUT2D eigenvalue weighted by Gasteiger charge is -1.99. The molecule has 2 aromatic carbocycles. The predicted octanol–water partition coefficient (Wildman–Crippen LogP) is 5.27. The second-order valence-corrected chi connectivity index (χ2v) is 5.96. The summed E-state index contributed by atoms with van der Waals surface area (Å²) < 4.78 is 1.96. The summed E-state index contributed by atoms with van der Waals surface area (Å²) in [4.78, 5) is 1.19. The third-order valence-corrected chi connectivity index (χ3v) is 4.45. The van der Waals surface area contributed by atoms with Crippen LogP contribution >= 0.6 is 11.3 Å². The fourth-order valence-electron chi connectivity index (χ4n) is 2.51. The quantitative estimate of drug-likeness (QED) is 0.504. The molecule has 0 radical (unpaired) electrons. The van der Waals surface area contributed by atoms with Gasteiger partial charge in [-0.15, -0.1) is 11.3 Å². The highest BCUT2D eigenvalue weighted by Gasteiger charge is 2.14. The van der Waals surface area contributed by atoms with Crippen LogP contribution in [-0.2, 0) is 0 Å². The zero-order valence-corrected chi connectivity index (χ0v) is 12.7. The molecule has 0 fully saturated rings. The van der Waals surface area contributed by atoms with Gasteiger partial charge >= 0.3 is 0 Å². The van der Waals surface area contributed by atoms with Crippen molar-refractivity contribution >= 4 is 11.3 Å². The smallest absolute Gasteiger partial charge is 0.111 e. The van der Waals surface area contributed by atoms with Gasteiger partial charge in [0, 0.05) is 11.8 Å². The number of rotatable bonds is 3. The van der Waals surface area contributed by atoms with Crippen LogP contribution in [0.4, 0.5) is 0 Å². The first-order valence-electron chi connectivity index (χ1n) is 7.16. The van der Waals surface area contributed by atoms with Gasteiger partial charge in [-0.2, -0.15) is 5.10 Å². The highest BCUT2D eigenvalue weighted by Crippen LogP contribution is 2.34. The fraction of sp³-hybridized carbons (Fsp3) is 0. The molecular weight excluding hydrogens is 288 g/mol. The lowest BCUT2D eigenvalue weighted by atomic mass is 10.1. The van der Waals surface area contributed by atoms with Crippen molar-refractivity contribution in [3.8, 4) is 27.4 Å². The van der Waals surface area contributed by atoms with Crippen molar-refractivity contribution in [3.63, 3.8) is 0 Å². The standard InChI is InChI=1S/C19H14N2S/c1-3-8-15(9-4-1)17-14-21(16-10-5-2-6-11-16)20-19(17)18-12-7-13-22-18/h1-14H. The Labute approximate surface area is 133 Å². The van der Waals surface area contributed by atoms with Gasteiger partial charge in [-0.25, -0.2) is 4.68 Å². The SMILES string of the molecule is c1ccc(-c2cn(-c3ccccc3)nc2-c2cccs2)cc1. The lowest BCUT2D eigenvalue weighted by Crippen LogP contribution is -1.93. The van der Waals surface area contributed by atoms with Crippen molar-refractivity contribution in [2.75, 3.05) is 0 Å². The van der Waals surface area contributed by atoms with E-state index in [2.05, 4.69) is 60.1 Å². The fourth-order valence-corrected chi connectivity index (χ4v) is 3.23. The molecule has 0 bridgehead atoms. The second kappa shape index (κ2) is 5.62. The van der Waals surface area contributed by atoms with Gasteiger partial charge in [0.15, 0.2) is 0 Å². The van der Waals surface area contributed by atoms with E-state index in [9.17, 15) is 0 Å². The average Bonchev–Trinajstić information content (AvgIpc) is 3.26. The van der Waals surface area contributed by atoms with Crippen molar-refractivity contribution in [1.29, 1.82) is 0 Å². The van der Waals surface area contributed by atoms with Crippen LogP contribution in [0.3, 0.4) is 0 Å². The minimum absolute atomic E-state index is 1.03. The molecule has 0 unspecified atom stereocenters. The van der Waals surface area contributed by atoms with Crippen LogP contribution in [-0.4, -0.2) is 9.78 Å². The van der Waals surface area contributed by atoms with E-state index in [1.807, 2.05) is 28.9 Å². The van der Waals surface area contributed by atoms with Crippen LogP contribution in [0.2, 0.25) is 0 Å². The highest BCUT2D eigenvalue weighted by atomic mass is 32.1. The molecule has 0 amide bonds. The molecule has 0 saturated carbocycles. The number of para-hydroxylation sites is 1. The minimum atomic E-state index is 1.03. The summed E-state index contributed by atoms with van der Waals surface area (Å²) in [5, 5.41) is 6.92. The largest absolute Gasteiger partial charge is 0.240 e. The van der Waals surface area contributed by atoms with Crippen LogP contribution in [0, 0.1) is 0 Å². The van der Waals surface area contributed by atoms with Crippen molar-refractivity contribution in [1.82, 2.24) is 9.78 Å². The predicted molar refractivity (Wildman–Crippen MR) is 92.3 cm³/mol. The topological polar surface area (TPSA) is 17.8 Å². The van der Waals surface area contributed by atoms with Crippen LogP contribution in [0.1, 0.15) is 0 Å². The normalized spacial score (nSPS) is 10.7. The maximum Gasteiger partial charge on any atom is 0.111 e. The van der Waals surface area contributed by atoms with Gasteiger partial charge in [-0.05, 0) is 29.1 Å². The van der Waals surface area contributed by atoms with Gasteiger partial charge < -0.3 is 0 Å². The first-order chi connectivity index (χ1) is 10.9. The van der Waals surface area contributed by atoms with Crippen LogP contribution in [0.25, 0.3) is 27.4 Å². The van der Waals surface area contributed by atoms with E-state index in [0.717, 1.165) is 16.9 Å². The zero-order valence-electron chi connectivity index (χ0n) is 11.9. The monoisotopic (exact) mass is 302 g/mol. The van der Waals surface area contributed by atoms with Crippen LogP contribution < -0.4 is 0 Å². The third kappa shape index (κ3) is 2.36. The number of thiophene rings is 1. The summed E-state index contributed by atoms with van der Waals surface area (Å²) in [6, 6.07) is 24.8. The third-order valence-electron chi connectivity index (χ3n) is 3.57. The van der Waals surface area contributed by atoms with Gasteiger partial charge in [0.05, 0.1) is 10.6 Å². The molecule has 22 heavy (non-hydrogen) atoms. The number of hydrogen-bond donors (Lipinski definition) is 0. The number of hydrogen-bond acceptors (Lipinski definition) is 2. The minimum Gasteiger partial charge on any atom is -0.240 e. The zero-order chi connectivity index (χ0) is 14.8. The van der Waals surface area contributed by atoms with E-state index in [1.165, 1.54) is 10.4 Å². The lowest BCUT2D eigenvalue weighted by molar-refractivity contribution is 0.885. The summed E-state index contributed by atoms with van der Waals surface area (Å²) in [5.41, 5.74) is 4.45. The maximum absolute atomic E-state index is 4.83. The summed E-state index contributed by atoms with van der Waals surface area (Å²) in [6.45, 7) is 0. The Balaban J connectivity index is 1.91. The van der Waals surface area contributed by atoms with Crippen molar-refractivity contribution in [2.24, 2.45) is 0 Å². The van der Waals surface area contributed by atoms with Gasteiger partial charge in [0.25, 0.3) is 0 Å². The molecule has 106 valence electrons.